The molecule has 1 N–H and O–H groups in total. The highest BCUT2D eigenvalue weighted by atomic mass is 32.2. The second kappa shape index (κ2) is 8.26. The van der Waals surface area contributed by atoms with Gasteiger partial charge in [-0.15, -0.1) is 0 Å². The van der Waals surface area contributed by atoms with Crippen LogP contribution >= 0.6 is 0 Å². The van der Waals surface area contributed by atoms with Crippen molar-refractivity contribution in [2.75, 3.05) is 18.0 Å². The van der Waals surface area contributed by atoms with E-state index < -0.39 is 15.6 Å². The summed E-state index contributed by atoms with van der Waals surface area (Å²) in [5.74, 6) is -3.51. The van der Waals surface area contributed by atoms with E-state index in [9.17, 15) is 22.0 Å². The molecule has 0 spiro atoms. The minimum absolute atomic E-state index is 0.0573. The van der Waals surface area contributed by atoms with Gasteiger partial charge >= 0.3 is 5.76 Å². The lowest BCUT2D eigenvalue weighted by atomic mass is 10.0. The minimum Gasteiger partial charge on any atom is -0.371 e. The molecular weight excluding hydrogens is 386 g/mol. The predicted molar refractivity (Wildman–Crippen MR) is 104 cm³/mol. The summed E-state index contributed by atoms with van der Waals surface area (Å²) in [7, 11) is -4.58. The number of amides is 1. The number of hydrogen-bond acceptors (Lipinski definition) is 4. The van der Waals surface area contributed by atoms with Gasteiger partial charge in [0.25, 0.3) is 5.91 Å². The fourth-order valence-electron chi connectivity index (χ4n) is 3.32. The molecule has 2 aromatic carbocycles. The topological polar surface area (TPSA) is 66.5 Å². The highest BCUT2D eigenvalue weighted by Crippen LogP contribution is 2.24. The van der Waals surface area contributed by atoms with Crippen LogP contribution in [0.1, 0.15) is 28.8 Å². The number of carbonyl (C=O) groups is 1. The Bertz CT molecular complexity index is 938. The average Bonchev–Trinajstić information content (AvgIpc) is 2.69. The van der Waals surface area contributed by atoms with E-state index in [0.29, 0.717) is 18.7 Å². The van der Waals surface area contributed by atoms with Crippen molar-refractivity contribution in [3.8, 4) is 0 Å². The molecule has 28 heavy (non-hydrogen) atoms. The van der Waals surface area contributed by atoms with E-state index in [4.69, 9.17) is 0 Å². The maximum absolute atomic E-state index is 12.6. The number of halogens is 2. The van der Waals surface area contributed by atoms with Gasteiger partial charge in [-0.05, 0) is 55.7 Å². The summed E-state index contributed by atoms with van der Waals surface area (Å²) in [5.41, 5.74) is 2.37. The van der Waals surface area contributed by atoms with Gasteiger partial charge in [-0.3, -0.25) is 4.79 Å². The van der Waals surface area contributed by atoms with Crippen molar-refractivity contribution < 1.29 is 22.0 Å². The molecule has 0 bridgehead atoms. The summed E-state index contributed by atoms with van der Waals surface area (Å²) < 4.78 is 48.2. The molecular formula is C20H22F2N2O3S. The summed E-state index contributed by atoms with van der Waals surface area (Å²) in [4.78, 5) is 14.1. The van der Waals surface area contributed by atoms with Gasteiger partial charge in [0.05, 0.1) is 4.90 Å². The third-order valence-electron chi connectivity index (χ3n) is 4.98. The van der Waals surface area contributed by atoms with E-state index in [1.807, 2.05) is 25.1 Å². The average molecular weight is 408 g/mol. The molecule has 1 aliphatic rings. The summed E-state index contributed by atoms with van der Waals surface area (Å²) in [6.45, 7) is 3.26. The van der Waals surface area contributed by atoms with Crippen LogP contribution in [0.3, 0.4) is 0 Å². The highest BCUT2D eigenvalue weighted by molar-refractivity contribution is 7.91. The maximum Gasteiger partial charge on any atom is 0.341 e. The molecule has 0 unspecified atom stereocenters. The van der Waals surface area contributed by atoms with Crippen LogP contribution < -0.4 is 10.2 Å². The number of sulfone groups is 1. The SMILES string of the molecule is Cc1ccccc1C(=O)NC1CCN(c2ccc(S(=O)(=O)C(F)F)cc2)CC1. The van der Waals surface area contributed by atoms with E-state index in [2.05, 4.69) is 10.2 Å². The molecule has 5 nitrogen and oxygen atoms in total. The van der Waals surface area contributed by atoms with Gasteiger partial charge in [-0.2, -0.15) is 8.78 Å². The number of piperidine rings is 1. The first-order valence-electron chi connectivity index (χ1n) is 9.02. The molecule has 1 fully saturated rings. The number of aryl methyl sites for hydroxylation is 1. The highest BCUT2D eigenvalue weighted by Gasteiger charge is 2.27. The number of nitrogens with zero attached hydrogens (tertiary/aromatic N) is 1. The van der Waals surface area contributed by atoms with Crippen LogP contribution in [0.4, 0.5) is 14.5 Å². The zero-order valence-electron chi connectivity index (χ0n) is 15.4. The third-order valence-corrected chi connectivity index (χ3v) is 6.38. The number of hydrogen-bond donors (Lipinski definition) is 1. The van der Waals surface area contributed by atoms with E-state index in [1.165, 1.54) is 12.1 Å². The standard InChI is InChI=1S/C20H22F2N2O3S/c1-14-4-2-3-5-18(14)19(25)23-15-10-12-24(13-11-15)16-6-8-17(9-7-16)28(26,27)20(21)22/h2-9,15,20H,10-13H2,1H3,(H,23,25). The Morgan fingerprint density at radius 1 is 1.07 bits per heavy atom. The Balaban J connectivity index is 1.58. The molecule has 1 saturated heterocycles. The molecule has 0 aromatic heterocycles. The van der Waals surface area contributed by atoms with E-state index in [0.717, 1.165) is 24.1 Å². The molecule has 1 heterocycles. The summed E-state index contributed by atoms with van der Waals surface area (Å²) >= 11 is 0. The van der Waals surface area contributed by atoms with E-state index in [1.54, 1.807) is 18.2 Å². The number of anilines is 1. The maximum atomic E-state index is 12.6. The zero-order chi connectivity index (χ0) is 20.3. The summed E-state index contributed by atoms with van der Waals surface area (Å²) in [6, 6.07) is 13.0. The Kier molecular flexibility index (Phi) is 5.98. The number of carbonyl (C=O) groups excluding carboxylic acids is 1. The Labute approximate surface area is 163 Å². The Morgan fingerprint density at radius 3 is 2.25 bits per heavy atom. The number of benzene rings is 2. The normalized spacial score (nSPS) is 15.6. The molecule has 1 amide bonds. The number of nitrogens with one attached hydrogen (secondary N) is 1. The monoisotopic (exact) mass is 408 g/mol. The second-order valence-corrected chi connectivity index (χ2v) is 8.77. The van der Waals surface area contributed by atoms with E-state index in [-0.39, 0.29) is 16.8 Å². The van der Waals surface area contributed by atoms with Crippen LogP contribution in [-0.2, 0) is 9.84 Å². The van der Waals surface area contributed by atoms with Gasteiger partial charge < -0.3 is 10.2 Å². The Hall–Kier alpha value is -2.48. The van der Waals surface area contributed by atoms with Gasteiger partial charge in [-0.25, -0.2) is 8.42 Å². The van der Waals surface area contributed by atoms with Gasteiger partial charge in [0.1, 0.15) is 0 Å². The lowest BCUT2D eigenvalue weighted by molar-refractivity contribution is 0.0930. The first kappa shape index (κ1) is 20.3. The van der Waals surface area contributed by atoms with Crippen molar-refractivity contribution in [3.63, 3.8) is 0 Å². The molecule has 150 valence electrons. The van der Waals surface area contributed by atoms with Crippen molar-refractivity contribution in [3.05, 3.63) is 59.7 Å². The number of rotatable bonds is 5. The molecule has 8 heteroatoms. The Morgan fingerprint density at radius 2 is 1.68 bits per heavy atom. The quantitative estimate of drug-likeness (QED) is 0.824. The van der Waals surface area contributed by atoms with Crippen molar-refractivity contribution in [1.29, 1.82) is 0 Å². The van der Waals surface area contributed by atoms with Crippen molar-refractivity contribution >= 4 is 21.4 Å². The molecule has 1 aliphatic heterocycles. The largest absolute Gasteiger partial charge is 0.371 e. The fraction of sp³-hybridized carbons (Fsp3) is 0.350. The molecule has 3 rings (SSSR count). The first-order valence-corrected chi connectivity index (χ1v) is 10.6. The summed E-state index contributed by atoms with van der Waals surface area (Å²) in [5, 5.41) is 3.06. The molecule has 0 radical (unpaired) electrons. The molecule has 0 atom stereocenters. The van der Waals surface area contributed by atoms with Crippen molar-refractivity contribution in [2.45, 2.75) is 36.5 Å². The second-order valence-electron chi connectivity index (χ2n) is 6.85. The first-order chi connectivity index (χ1) is 13.3. The van der Waals surface area contributed by atoms with Crippen LogP contribution in [0.25, 0.3) is 0 Å². The molecule has 0 saturated carbocycles. The van der Waals surface area contributed by atoms with Crippen LogP contribution in [-0.4, -0.2) is 39.2 Å². The number of alkyl halides is 2. The van der Waals surface area contributed by atoms with Crippen LogP contribution in [0.15, 0.2) is 53.4 Å². The predicted octanol–water partition coefficient (Wildman–Crippen LogP) is 3.39. The third kappa shape index (κ3) is 4.32. The van der Waals surface area contributed by atoms with Gasteiger partial charge in [0.15, 0.2) is 0 Å². The minimum atomic E-state index is -4.58. The smallest absolute Gasteiger partial charge is 0.341 e. The van der Waals surface area contributed by atoms with Crippen LogP contribution in [0, 0.1) is 6.92 Å². The fourth-order valence-corrected chi connectivity index (χ4v) is 4.04. The van der Waals surface area contributed by atoms with E-state index >= 15 is 0 Å². The van der Waals surface area contributed by atoms with Gasteiger partial charge in [-0.1, -0.05) is 18.2 Å². The summed E-state index contributed by atoms with van der Waals surface area (Å²) in [6.07, 6.45) is 1.49. The van der Waals surface area contributed by atoms with Gasteiger partial charge in [0, 0.05) is 30.4 Å². The lowest BCUT2D eigenvalue weighted by Gasteiger charge is -2.34. The molecule has 0 aliphatic carbocycles. The zero-order valence-corrected chi connectivity index (χ0v) is 16.3. The van der Waals surface area contributed by atoms with Gasteiger partial charge in [0.2, 0.25) is 9.84 Å². The van der Waals surface area contributed by atoms with Crippen molar-refractivity contribution in [2.24, 2.45) is 0 Å². The molecule has 2 aromatic rings. The van der Waals surface area contributed by atoms with Crippen LogP contribution in [0.2, 0.25) is 0 Å². The van der Waals surface area contributed by atoms with Crippen LogP contribution in [0.5, 0.6) is 0 Å². The van der Waals surface area contributed by atoms with Crippen molar-refractivity contribution in [1.82, 2.24) is 5.32 Å². The lowest BCUT2D eigenvalue weighted by Crippen LogP contribution is -2.44.